The van der Waals surface area contributed by atoms with Crippen LogP contribution in [0.4, 0.5) is 17.1 Å². The summed E-state index contributed by atoms with van der Waals surface area (Å²) in [5.41, 5.74) is 10.9. The Morgan fingerprint density at radius 1 is 0.429 bits per heavy atom. The van der Waals surface area contributed by atoms with Crippen LogP contribution in [-0.4, -0.2) is 4.57 Å². The second-order valence-corrected chi connectivity index (χ2v) is 12.6. The van der Waals surface area contributed by atoms with E-state index in [-0.39, 0.29) is 0 Å². The molecule has 0 aliphatic carbocycles. The predicted molar refractivity (Wildman–Crippen MR) is 206 cm³/mol. The molecule has 230 valence electrons. The Morgan fingerprint density at radius 2 is 1.04 bits per heavy atom. The van der Waals surface area contributed by atoms with E-state index in [1.54, 1.807) is 0 Å². The quantitative estimate of drug-likeness (QED) is 0.190. The largest absolute Gasteiger partial charge is 0.456 e. The summed E-state index contributed by atoms with van der Waals surface area (Å²) in [4.78, 5) is 2.33. The summed E-state index contributed by atoms with van der Waals surface area (Å²) in [5, 5.41) is 7.12. The molecule has 0 saturated carbocycles. The molecular formula is C46H30N2O. The average Bonchev–Trinajstić information content (AvgIpc) is 3.71. The SMILES string of the molecule is c1ccc(N(c2ccccc2)c2ccc3c4c(-c5ccc6c(c5)oc5ccccc56)cc5ccccc5c4n(-c4ccccc4)c3c2)cc1. The highest BCUT2D eigenvalue weighted by Gasteiger charge is 2.22. The molecule has 8 aromatic carbocycles. The first-order chi connectivity index (χ1) is 24.3. The van der Waals surface area contributed by atoms with Gasteiger partial charge in [-0.15, -0.1) is 0 Å². The molecule has 0 aliphatic rings. The number of hydrogen-bond donors (Lipinski definition) is 0. The summed E-state index contributed by atoms with van der Waals surface area (Å²) in [6.07, 6.45) is 0. The van der Waals surface area contributed by atoms with Crippen molar-refractivity contribution >= 4 is 71.6 Å². The number of fused-ring (bicyclic) bond motifs is 8. The third-order valence-corrected chi connectivity index (χ3v) is 9.73. The van der Waals surface area contributed by atoms with Gasteiger partial charge in [-0.2, -0.15) is 0 Å². The van der Waals surface area contributed by atoms with Crippen LogP contribution in [-0.2, 0) is 0 Å². The van der Waals surface area contributed by atoms with E-state index in [0.29, 0.717) is 0 Å². The van der Waals surface area contributed by atoms with E-state index >= 15 is 0 Å². The predicted octanol–water partition coefficient (Wildman–Crippen LogP) is 13.0. The second-order valence-electron chi connectivity index (χ2n) is 12.6. The van der Waals surface area contributed by atoms with Gasteiger partial charge in [-0.3, -0.25) is 0 Å². The van der Waals surface area contributed by atoms with E-state index in [4.69, 9.17) is 4.42 Å². The first-order valence-corrected chi connectivity index (χ1v) is 16.7. The van der Waals surface area contributed by atoms with Crippen molar-refractivity contribution in [1.82, 2.24) is 4.57 Å². The van der Waals surface area contributed by atoms with Crippen molar-refractivity contribution in [3.63, 3.8) is 0 Å². The lowest BCUT2D eigenvalue weighted by molar-refractivity contribution is 0.669. The minimum Gasteiger partial charge on any atom is -0.456 e. The molecule has 10 rings (SSSR count). The Balaban J connectivity index is 1.32. The molecule has 0 spiro atoms. The minimum absolute atomic E-state index is 0.899. The van der Waals surface area contributed by atoms with E-state index in [1.807, 2.05) is 12.1 Å². The zero-order valence-electron chi connectivity index (χ0n) is 26.6. The van der Waals surface area contributed by atoms with Crippen molar-refractivity contribution < 1.29 is 4.42 Å². The van der Waals surface area contributed by atoms with Crippen LogP contribution in [0.5, 0.6) is 0 Å². The van der Waals surface area contributed by atoms with Crippen LogP contribution in [0.1, 0.15) is 0 Å². The lowest BCUT2D eigenvalue weighted by atomic mass is 9.94. The summed E-state index contributed by atoms with van der Waals surface area (Å²) in [5.74, 6) is 0. The fourth-order valence-electron chi connectivity index (χ4n) is 7.58. The van der Waals surface area contributed by atoms with Crippen molar-refractivity contribution in [1.29, 1.82) is 0 Å². The number of nitrogens with zero attached hydrogens (tertiary/aromatic N) is 2. The van der Waals surface area contributed by atoms with Gasteiger partial charge in [0.05, 0.1) is 11.0 Å². The third-order valence-electron chi connectivity index (χ3n) is 9.73. The first kappa shape index (κ1) is 27.5. The number of hydrogen-bond acceptors (Lipinski definition) is 2. The number of para-hydroxylation sites is 4. The van der Waals surface area contributed by atoms with Crippen LogP contribution in [0, 0.1) is 0 Å². The van der Waals surface area contributed by atoms with Gasteiger partial charge in [0.1, 0.15) is 11.2 Å². The highest BCUT2D eigenvalue weighted by atomic mass is 16.3. The Kier molecular flexibility index (Phi) is 6.18. The average molecular weight is 627 g/mol. The van der Waals surface area contributed by atoms with Crippen LogP contribution in [0.2, 0.25) is 0 Å². The maximum Gasteiger partial charge on any atom is 0.136 e. The maximum absolute atomic E-state index is 6.39. The third kappa shape index (κ3) is 4.37. The van der Waals surface area contributed by atoms with Gasteiger partial charge in [-0.25, -0.2) is 0 Å². The van der Waals surface area contributed by atoms with Gasteiger partial charge >= 0.3 is 0 Å². The second kappa shape index (κ2) is 11.0. The van der Waals surface area contributed by atoms with Crippen LogP contribution in [0.25, 0.3) is 71.3 Å². The van der Waals surface area contributed by atoms with E-state index in [1.165, 1.54) is 32.6 Å². The molecule has 3 heteroatoms. The number of rotatable bonds is 5. The highest BCUT2D eigenvalue weighted by molar-refractivity contribution is 6.25. The smallest absolute Gasteiger partial charge is 0.136 e. The normalized spacial score (nSPS) is 11.7. The topological polar surface area (TPSA) is 21.3 Å². The molecule has 49 heavy (non-hydrogen) atoms. The number of anilines is 3. The van der Waals surface area contributed by atoms with Gasteiger partial charge in [0.15, 0.2) is 0 Å². The van der Waals surface area contributed by atoms with Crippen molar-refractivity contribution in [2.24, 2.45) is 0 Å². The fourth-order valence-corrected chi connectivity index (χ4v) is 7.58. The highest BCUT2D eigenvalue weighted by Crippen LogP contribution is 2.45. The molecule has 0 unspecified atom stereocenters. The van der Waals surface area contributed by atoms with Gasteiger partial charge in [-0.1, -0.05) is 109 Å². The standard InChI is InChI=1S/C46H30N2O/c1-4-15-33(16-5-1)47(34-17-6-2-7-18-34)36-25-27-40-42(30-36)48(35-19-8-3-9-20-35)46-37-21-11-10-14-31(37)28-41(45(40)46)32-24-26-39-38-22-12-13-23-43(38)49-44(39)29-32/h1-30H. The molecule has 2 aromatic heterocycles. The summed E-state index contributed by atoms with van der Waals surface area (Å²) in [6.45, 7) is 0. The monoisotopic (exact) mass is 626 g/mol. The lowest BCUT2D eigenvalue weighted by Gasteiger charge is -2.25. The van der Waals surface area contributed by atoms with Crippen molar-refractivity contribution in [3.8, 4) is 16.8 Å². The molecular weight excluding hydrogens is 597 g/mol. The summed E-state index contributed by atoms with van der Waals surface area (Å²) >= 11 is 0. The van der Waals surface area contributed by atoms with Gasteiger partial charge in [0, 0.05) is 49.7 Å². The Hall–Kier alpha value is -6.58. The van der Waals surface area contributed by atoms with E-state index in [9.17, 15) is 0 Å². The molecule has 0 N–H and O–H groups in total. The van der Waals surface area contributed by atoms with Crippen LogP contribution in [0.3, 0.4) is 0 Å². The van der Waals surface area contributed by atoms with Crippen molar-refractivity contribution in [2.75, 3.05) is 4.90 Å². The molecule has 2 heterocycles. The van der Waals surface area contributed by atoms with Gasteiger partial charge in [0.2, 0.25) is 0 Å². The molecule has 0 radical (unpaired) electrons. The molecule has 0 atom stereocenters. The van der Waals surface area contributed by atoms with Gasteiger partial charge < -0.3 is 13.9 Å². The van der Waals surface area contributed by atoms with Crippen LogP contribution in [0.15, 0.2) is 186 Å². The van der Waals surface area contributed by atoms with Gasteiger partial charge in [0.25, 0.3) is 0 Å². The van der Waals surface area contributed by atoms with E-state index < -0.39 is 0 Å². The molecule has 0 fully saturated rings. The number of furan rings is 1. The Labute approximate surface area is 283 Å². The maximum atomic E-state index is 6.39. The zero-order valence-corrected chi connectivity index (χ0v) is 26.6. The molecule has 0 amide bonds. The molecule has 0 aliphatic heterocycles. The fraction of sp³-hybridized carbons (Fsp3) is 0. The van der Waals surface area contributed by atoms with E-state index in [0.717, 1.165) is 55.8 Å². The molecule has 0 saturated heterocycles. The number of benzene rings is 8. The summed E-state index contributed by atoms with van der Waals surface area (Å²) in [6, 6.07) is 64.9. The minimum atomic E-state index is 0.899. The zero-order chi connectivity index (χ0) is 32.3. The summed E-state index contributed by atoms with van der Waals surface area (Å²) in [7, 11) is 0. The van der Waals surface area contributed by atoms with Crippen molar-refractivity contribution in [2.45, 2.75) is 0 Å². The Morgan fingerprint density at radius 3 is 1.80 bits per heavy atom. The first-order valence-electron chi connectivity index (χ1n) is 16.7. The Bertz CT molecular complexity index is 2770. The van der Waals surface area contributed by atoms with E-state index in [2.05, 4.69) is 179 Å². The van der Waals surface area contributed by atoms with Crippen molar-refractivity contribution in [3.05, 3.63) is 182 Å². The molecule has 0 bridgehead atoms. The van der Waals surface area contributed by atoms with Gasteiger partial charge in [-0.05, 0) is 89.3 Å². The summed E-state index contributed by atoms with van der Waals surface area (Å²) < 4.78 is 8.84. The number of aromatic nitrogens is 1. The molecule has 3 nitrogen and oxygen atoms in total. The lowest BCUT2D eigenvalue weighted by Crippen LogP contribution is -2.09. The molecule has 10 aromatic rings. The van der Waals surface area contributed by atoms with Crippen LogP contribution < -0.4 is 4.90 Å². The van der Waals surface area contributed by atoms with Crippen LogP contribution >= 0.6 is 0 Å².